The third kappa shape index (κ3) is 6.03. The zero-order valence-corrected chi connectivity index (χ0v) is 21.6. The van der Waals surface area contributed by atoms with Crippen molar-refractivity contribution in [3.63, 3.8) is 0 Å². The lowest BCUT2D eigenvalue weighted by atomic mass is 10.1. The van der Waals surface area contributed by atoms with Gasteiger partial charge >= 0.3 is 0 Å². The van der Waals surface area contributed by atoms with Crippen molar-refractivity contribution in [2.24, 2.45) is 0 Å². The number of para-hydroxylation sites is 1. The Hall–Kier alpha value is -4.16. The summed E-state index contributed by atoms with van der Waals surface area (Å²) in [5.74, 6) is -0.641. The zero-order valence-electron chi connectivity index (χ0n) is 20.8. The standard InChI is InChI=1S/C32H27FN2O2S/c33-27-13-5-4-12-26(27)22-35-28-14-6-7-15-29(28)38-30(32(35)37)21-24-16-18-25(19-17-24)31(36)34-20-8-11-23-9-2-1-3-10-23/h1-7,9-10,12-19,21H,8,11,20,22H2,(H,34,36)/b30-21-. The lowest BCUT2D eigenvalue weighted by Crippen LogP contribution is -2.34. The van der Waals surface area contributed by atoms with Gasteiger partial charge in [-0.05, 0) is 60.4 Å². The molecule has 0 aromatic heterocycles. The van der Waals surface area contributed by atoms with Gasteiger partial charge in [0.1, 0.15) is 5.82 Å². The van der Waals surface area contributed by atoms with E-state index >= 15 is 0 Å². The molecule has 4 nitrogen and oxygen atoms in total. The Morgan fingerprint density at radius 1 is 0.868 bits per heavy atom. The van der Waals surface area contributed by atoms with E-state index in [9.17, 15) is 14.0 Å². The zero-order chi connectivity index (χ0) is 26.3. The van der Waals surface area contributed by atoms with Crippen molar-refractivity contribution in [3.05, 3.63) is 136 Å². The van der Waals surface area contributed by atoms with Gasteiger partial charge < -0.3 is 10.2 Å². The van der Waals surface area contributed by atoms with Gasteiger partial charge in [0.15, 0.2) is 0 Å². The maximum Gasteiger partial charge on any atom is 0.265 e. The SMILES string of the molecule is O=C(NCCCc1ccccc1)c1ccc(/C=C2\Sc3ccccc3N(Cc3ccccc3F)C2=O)cc1. The maximum atomic E-state index is 14.4. The van der Waals surface area contributed by atoms with Crippen molar-refractivity contribution in [3.8, 4) is 0 Å². The number of nitrogens with zero attached hydrogens (tertiary/aromatic N) is 1. The Kier molecular flexibility index (Phi) is 8.00. The number of halogens is 1. The summed E-state index contributed by atoms with van der Waals surface area (Å²) in [6.07, 6.45) is 3.60. The Balaban J connectivity index is 1.27. The van der Waals surface area contributed by atoms with Crippen molar-refractivity contribution >= 4 is 35.3 Å². The van der Waals surface area contributed by atoms with E-state index < -0.39 is 0 Å². The Bertz CT molecular complexity index is 1470. The second-order valence-electron chi connectivity index (χ2n) is 9.03. The van der Waals surface area contributed by atoms with Crippen LogP contribution in [0.5, 0.6) is 0 Å². The first-order valence-electron chi connectivity index (χ1n) is 12.5. The van der Waals surface area contributed by atoms with Crippen LogP contribution in [0.25, 0.3) is 6.08 Å². The molecule has 0 saturated carbocycles. The highest BCUT2D eigenvalue weighted by Crippen LogP contribution is 2.42. The predicted octanol–water partition coefficient (Wildman–Crippen LogP) is 6.87. The molecule has 190 valence electrons. The first kappa shape index (κ1) is 25.5. The number of carbonyl (C=O) groups excluding carboxylic acids is 2. The molecule has 6 heteroatoms. The van der Waals surface area contributed by atoms with E-state index in [4.69, 9.17) is 0 Å². The predicted molar refractivity (Wildman–Crippen MR) is 151 cm³/mol. The number of hydrogen-bond donors (Lipinski definition) is 1. The van der Waals surface area contributed by atoms with Gasteiger partial charge in [-0.25, -0.2) is 4.39 Å². The third-order valence-electron chi connectivity index (χ3n) is 6.36. The maximum absolute atomic E-state index is 14.4. The third-order valence-corrected chi connectivity index (χ3v) is 7.44. The average molecular weight is 523 g/mol. The van der Waals surface area contributed by atoms with Gasteiger partial charge in [0.2, 0.25) is 0 Å². The van der Waals surface area contributed by atoms with Gasteiger partial charge in [-0.3, -0.25) is 9.59 Å². The first-order chi connectivity index (χ1) is 18.6. The molecular formula is C32H27FN2O2S. The minimum absolute atomic E-state index is 0.120. The van der Waals surface area contributed by atoms with E-state index in [1.54, 1.807) is 35.2 Å². The summed E-state index contributed by atoms with van der Waals surface area (Å²) in [6.45, 7) is 0.742. The number of nitrogens with one attached hydrogen (secondary N) is 1. The average Bonchev–Trinajstić information content (AvgIpc) is 2.95. The highest BCUT2D eigenvalue weighted by atomic mass is 32.2. The van der Waals surface area contributed by atoms with Crippen molar-refractivity contribution < 1.29 is 14.0 Å². The number of hydrogen-bond acceptors (Lipinski definition) is 3. The van der Waals surface area contributed by atoms with Crippen molar-refractivity contribution in [1.82, 2.24) is 5.32 Å². The number of fused-ring (bicyclic) bond motifs is 1. The summed E-state index contributed by atoms with van der Waals surface area (Å²) in [6, 6.07) is 31.6. The van der Waals surface area contributed by atoms with Gasteiger partial charge in [0.25, 0.3) is 11.8 Å². The van der Waals surface area contributed by atoms with Crippen LogP contribution in [0.2, 0.25) is 0 Å². The lowest BCUT2D eigenvalue weighted by Gasteiger charge is -2.30. The molecule has 0 fully saturated rings. The van der Waals surface area contributed by atoms with Crippen molar-refractivity contribution in [1.29, 1.82) is 0 Å². The molecule has 4 aromatic rings. The second-order valence-corrected chi connectivity index (χ2v) is 10.1. The van der Waals surface area contributed by atoms with E-state index in [0.29, 0.717) is 22.6 Å². The Morgan fingerprint density at radius 3 is 2.37 bits per heavy atom. The van der Waals surface area contributed by atoms with Crippen LogP contribution in [0.1, 0.15) is 33.5 Å². The topological polar surface area (TPSA) is 49.4 Å². The van der Waals surface area contributed by atoms with Gasteiger partial charge in [-0.1, -0.05) is 84.6 Å². The Morgan fingerprint density at radius 2 is 1.58 bits per heavy atom. The molecule has 1 N–H and O–H groups in total. The molecule has 5 rings (SSSR count). The summed E-state index contributed by atoms with van der Waals surface area (Å²) in [7, 11) is 0. The second kappa shape index (κ2) is 11.9. The van der Waals surface area contributed by atoms with Gasteiger partial charge in [-0.15, -0.1) is 0 Å². The fourth-order valence-electron chi connectivity index (χ4n) is 4.34. The minimum Gasteiger partial charge on any atom is -0.352 e. The summed E-state index contributed by atoms with van der Waals surface area (Å²) in [5, 5.41) is 2.97. The molecule has 0 unspecified atom stereocenters. The minimum atomic E-state index is -0.338. The molecule has 0 saturated heterocycles. The van der Waals surface area contributed by atoms with E-state index in [2.05, 4.69) is 17.4 Å². The van der Waals surface area contributed by atoms with Gasteiger partial charge in [0.05, 0.1) is 17.1 Å². The molecule has 1 heterocycles. The first-order valence-corrected chi connectivity index (χ1v) is 13.4. The summed E-state index contributed by atoms with van der Waals surface area (Å²) in [4.78, 5) is 29.1. The van der Waals surface area contributed by atoms with Crippen LogP contribution in [-0.2, 0) is 17.8 Å². The van der Waals surface area contributed by atoms with E-state index in [1.807, 2.05) is 60.7 Å². The number of carbonyl (C=O) groups is 2. The molecule has 0 spiro atoms. The van der Waals surface area contributed by atoms with Gasteiger partial charge in [0, 0.05) is 22.6 Å². The molecular weight excluding hydrogens is 495 g/mol. The van der Waals surface area contributed by atoms with E-state index in [-0.39, 0.29) is 24.2 Å². The molecule has 2 amide bonds. The molecule has 0 aliphatic carbocycles. The number of amides is 2. The van der Waals surface area contributed by atoms with Crippen molar-refractivity contribution in [2.45, 2.75) is 24.3 Å². The van der Waals surface area contributed by atoms with Crippen LogP contribution in [0, 0.1) is 5.82 Å². The fourth-order valence-corrected chi connectivity index (χ4v) is 5.40. The van der Waals surface area contributed by atoms with Crippen LogP contribution in [0.4, 0.5) is 10.1 Å². The number of anilines is 1. The normalized spacial score (nSPS) is 13.9. The quantitative estimate of drug-likeness (QED) is 0.203. The smallest absolute Gasteiger partial charge is 0.265 e. The van der Waals surface area contributed by atoms with Crippen molar-refractivity contribution in [2.75, 3.05) is 11.4 Å². The number of thioether (sulfide) groups is 1. The fraction of sp³-hybridized carbons (Fsp3) is 0.125. The van der Waals surface area contributed by atoms with Crippen LogP contribution in [0.15, 0.2) is 113 Å². The summed E-state index contributed by atoms with van der Waals surface area (Å²) < 4.78 is 14.4. The highest BCUT2D eigenvalue weighted by molar-refractivity contribution is 8.04. The van der Waals surface area contributed by atoms with Crippen LogP contribution >= 0.6 is 11.8 Å². The number of benzene rings is 4. The lowest BCUT2D eigenvalue weighted by molar-refractivity contribution is -0.114. The largest absolute Gasteiger partial charge is 0.352 e. The molecule has 0 bridgehead atoms. The molecule has 4 aromatic carbocycles. The van der Waals surface area contributed by atoms with E-state index in [1.165, 1.54) is 23.4 Å². The molecule has 38 heavy (non-hydrogen) atoms. The van der Waals surface area contributed by atoms with Gasteiger partial charge in [-0.2, -0.15) is 0 Å². The van der Waals surface area contributed by atoms with Crippen LogP contribution in [-0.4, -0.2) is 18.4 Å². The highest BCUT2D eigenvalue weighted by Gasteiger charge is 2.29. The summed E-state index contributed by atoms with van der Waals surface area (Å²) >= 11 is 1.40. The monoisotopic (exact) mass is 522 g/mol. The number of aryl methyl sites for hydroxylation is 1. The molecule has 1 aliphatic rings. The van der Waals surface area contributed by atoms with Crippen LogP contribution < -0.4 is 10.2 Å². The molecule has 0 radical (unpaired) electrons. The number of rotatable bonds is 8. The molecule has 1 aliphatic heterocycles. The van der Waals surface area contributed by atoms with Crippen LogP contribution in [0.3, 0.4) is 0 Å². The summed E-state index contributed by atoms with van der Waals surface area (Å²) in [5.41, 5.74) is 3.86. The molecule has 0 atom stereocenters. The Labute approximate surface area is 226 Å². The van der Waals surface area contributed by atoms with E-state index in [0.717, 1.165) is 29.0 Å².